The molecule has 4 rings (SSSR count). The zero-order chi connectivity index (χ0) is 20.1. The van der Waals surface area contributed by atoms with Gasteiger partial charge in [-0.15, -0.1) is 0 Å². The molecule has 148 valence electrons. The Labute approximate surface area is 172 Å². The van der Waals surface area contributed by atoms with Crippen molar-refractivity contribution in [2.45, 2.75) is 25.2 Å². The Morgan fingerprint density at radius 1 is 0.966 bits per heavy atom. The summed E-state index contributed by atoms with van der Waals surface area (Å²) in [4.78, 5) is 19.5. The van der Waals surface area contributed by atoms with Gasteiger partial charge in [-0.05, 0) is 67.1 Å². The van der Waals surface area contributed by atoms with Crippen LogP contribution in [-0.2, 0) is 0 Å². The zero-order valence-electron chi connectivity index (χ0n) is 16.8. The molecule has 4 heteroatoms. The van der Waals surface area contributed by atoms with Crippen molar-refractivity contribution in [3.05, 3.63) is 84.1 Å². The van der Waals surface area contributed by atoms with Gasteiger partial charge >= 0.3 is 0 Å². The second-order valence-corrected chi connectivity index (χ2v) is 7.49. The Balaban J connectivity index is 1.42. The number of aromatic nitrogens is 1. The van der Waals surface area contributed by atoms with E-state index in [4.69, 9.17) is 4.74 Å². The Hall–Kier alpha value is -3.14. The number of rotatable bonds is 4. The number of nitrogens with zero attached hydrogens (tertiary/aromatic N) is 2. The Kier molecular flexibility index (Phi) is 5.89. The first-order valence-corrected chi connectivity index (χ1v) is 10.2. The fourth-order valence-corrected chi connectivity index (χ4v) is 3.99. The third kappa shape index (κ3) is 4.48. The lowest BCUT2D eigenvalue weighted by molar-refractivity contribution is 0.0760. The van der Waals surface area contributed by atoms with Crippen LogP contribution in [0.2, 0.25) is 0 Å². The van der Waals surface area contributed by atoms with Crippen molar-refractivity contribution in [2.75, 3.05) is 20.2 Å². The predicted octanol–water partition coefficient (Wildman–Crippen LogP) is 5.17. The second-order valence-electron chi connectivity index (χ2n) is 7.49. The predicted molar refractivity (Wildman–Crippen MR) is 115 cm³/mol. The number of amides is 1. The SMILES string of the molecule is COc1ccc(-c2ccc(C(=O)N3CCCC(c4ccccc4)CC3)cn2)cc1. The number of pyridine rings is 1. The largest absolute Gasteiger partial charge is 0.497 e. The first-order chi connectivity index (χ1) is 14.2. The Morgan fingerprint density at radius 2 is 1.76 bits per heavy atom. The van der Waals surface area contributed by atoms with Gasteiger partial charge in [-0.1, -0.05) is 30.3 Å². The molecule has 4 nitrogen and oxygen atoms in total. The molecule has 1 aliphatic rings. The van der Waals surface area contributed by atoms with E-state index in [1.165, 1.54) is 5.56 Å². The smallest absolute Gasteiger partial charge is 0.255 e. The van der Waals surface area contributed by atoms with Crippen molar-refractivity contribution in [1.82, 2.24) is 9.88 Å². The zero-order valence-corrected chi connectivity index (χ0v) is 16.8. The molecular weight excluding hydrogens is 360 g/mol. The van der Waals surface area contributed by atoms with Crippen LogP contribution in [0.5, 0.6) is 5.75 Å². The van der Waals surface area contributed by atoms with Crippen LogP contribution in [0.15, 0.2) is 72.9 Å². The summed E-state index contributed by atoms with van der Waals surface area (Å²) in [7, 11) is 1.65. The maximum atomic E-state index is 13.0. The van der Waals surface area contributed by atoms with Crippen LogP contribution in [0.25, 0.3) is 11.3 Å². The monoisotopic (exact) mass is 386 g/mol. The molecule has 1 unspecified atom stereocenters. The van der Waals surface area contributed by atoms with Gasteiger partial charge in [0.05, 0.1) is 18.4 Å². The number of carbonyl (C=O) groups is 1. The minimum Gasteiger partial charge on any atom is -0.497 e. The van der Waals surface area contributed by atoms with E-state index in [2.05, 4.69) is 35.3 Å². The van der Waals surface area contributed by atoms with Gasteiger partial charge in [0.1, 0.15) is 5.75 Å². The summed E-state index contributed by atoms with van der Waals surface area (Å²) in [6, 6.07) is 22.2. The van der Waals surface area contributed by atoms with Crippen LogP contribution in [-0.4, -0.2) is 36.0 Å². The van der Waals surface area contributed by atoms with Crippen molar-refractivity contribution < 1.29 is 9.53 Å². The Morgan fingerprint density at radius 3 is 2.45 bits per heavy atom. The van der Waals surface area contributed by atoms with E-state index < -0.39 is 0 Å². The van der Waals surface area contributed by atoms with Crippen molar-refractivity contribution in [3.63, 3.8) is 0 Å². The van der Waals surface area contributed by atoms with Crippen molar-refractivity contribution in [2.24, 2.45) is 0 Å². The minimum atomic E-state index is 0.0764. The summed E-state index contributed by atoms with van der Waals surface area (Å²) in [6.07, 6.45) is 4.86. The molecule has 2 aromatic carbocycles. The van der Waals surface area contributed by atoms with Crippen LogP contribution in [0.1, 0.15) is 41.1 Å². The average molecular weight is 386 g/mol. The molecule has 1 aliphatic heterocycles. The van der Waals surface area contributed by atoms with Gasteiger partial charge in [-0.25, -0.2) is 0 Å². The molecule has 0 radical (unpaired) electrons. The highest BCUT2D eigenvalue weighted by atomic mass is 16.5. The van der Waals surface area contributed by atoms with Gasteiger partial charge in [0.25, 0.3) is 5.91 Å². The number of hydrogen-bond donors (Lipinski definition) is 0. The fraction of sp³-hybridized carbons (Fsp3) is 0.280. The number of hydrogen-bond acceptors (Lipinski definition) is 3. The molecule has 0 spiro atoms. The van der Waals surface area contributed by atoms with E-state index in [-0.39, 0.29) is 5.91 Å². The third-order valence-electron chi connectivity index (χ3n) is 5.68. The quantitative estimate of drug-likeness (QED) is 0.621. The van der Waals surface area contributed by atoms with Gasteiger partial charge in [0.15, 0.2) is 0 Å². The highest BCUT2D eigenvalue weighted by Gasteiger charge is 2.22. The van der Waals surface area contributed by atoms with Crippen molar-refractivity contribution in [3.8, 4) is 17.0 Å². The van der Waals surface area contributed by atoms with Crippen LogP contribution < -0.4 is 4.74 Å². The first kappa shape index (κ1) is 19.2. The summed E-state index contributed by atoms with van der Waals surface area (Å²) < 4.78 is 5.20. The lowest BCUT2D eigenvalue weighted by Gasteiger charge is -2.21. The van der Waals surface area contributed by atoms with Gasteiger partial charge in [0.2, 0.25) is 0 Å². The molecule has 0 bridgehead atoms. The molecule has 1 amide bonds. The first-order valence-electron chi connectivity index (χ1n) is 10.2. The van der Waals surface area contributed by atoms with Crippen LogP contribution in [0.4, 0.5) is 0 Å². The highest BCUT2D eigenvalue weighted by molar-refractivity contribution is 5.94. The van der Waals surface area contributed by atoms with Gasteiger partial charge in [0, 0.05) is 24.8 Å². The summed E-state index contributed by atoms with van der Waals surface area (Å²) in [5, 5.41) is 0. The van der Waals surface area contributed by atoms with E-state index in [0.717, 1.165) is 49.4 Å². The second kappa shape index (κ2) is 8.91. The number of carbonyl (C=O) groups excluding carboxylic acids is 1. The molecule has 0 aliphatic carbocycles. The molecule has 0 N–H and O–H groups in total. The fourth-order valence-electron chi connectivity index (χ4n) is 3.99. The molecule has 1 saturated heterocycles. The highest BCUT2D eigenvalue weighted by Crippen LogP contribution is 2.28. The van der Waals surface area contributed by atoms with Gasteiger partial charge in [-0.2, -0.15) is 0 Å². The van der Waals surface area contributed by atoms with E-state index in [1.807, 2.05) is 41.3 Å². The molecule has 1 atom stereocenters. The Bertz CT molecular complexity index is 937. The van der Waals surface area contributed by atoms with E-state index in [9.17, 15) is 4.79 Å². The normalized spacial score (nSPS) is 16.9. The van der Waals surface area contributed by atoms with Crippen molar-refractivity contribution >= 4 is 5.91 Å². The third-order valence-corrected chi connectivity index (χ3v) is 5.68. The molecule has 1 aromatic heterocycles. The van der Waals surface area contributed by atoms with E-state index in [1.54, 1.807) is 13.3 Å². The maximum absolute atomic E-state index is 13.0. The van der Waals surface area contributed by atoms with Gasteiger partial charge in [-0.3, -0.25) is 9.78 Å². The topological polar surface area (TPSA) is 42.4 Å². The molecule has 3 aromatic rings. The van der Waals surface area contributed by atoms with E-state index in [0.29, 0.717) is 11.5 Å². The van der Waals surface area contributed by atoms with E-state index >= 15 is 0 Å². The summed E-state index contributed by atoms with van der Waals surface area (Å²) in [6.45, 7) is 1.60. The number of likely N-dealkylation sites (tertiary alicyclic amines) is 1. The van der Waals surface area contributed by atoms with Crippen LogP contribution in [0.3, 0.4) is 0 Å². The standard InChI is InChI=1S/C25H26N2O2/c1-29-23-12-9-21(10-13-23)24-14-11-22(18-26-24)25(28)27-16-5-8-20(15-17-27)19-6-3-2-4-7-19/h2-4,6-7,9-14,18,20H,5,8,15-17H2,1H3. The molecular formula is C25H26N2O2. The van der Waals surface area contributed by atoms with Crippen molar-refractivity contribution in [1.29, 1.82) is 0 Å². The number of methoxy groups -OCH3 is 1. The molecule has 0 saturated carbocycles. The maximum Gasteiger partial charge on any atom is 0.255 e. The molecule has 1 fully saturated rings. The molecule has 29 heavy (non-hydrogen) atoms. The van der Waals surface area contributed by atoms with Crippen LogP contribution >= 0.6 is 0 Å². The summed E-state index contributed by atoms with van der Waals surface area (Å²) >= 11 is 0. The average Bonchev–Trinajstić information content (AvgIpc) is 3.06. The minimum absolute atomic E-state index is 0.0764. The number of benzene rings is 2. The summed E-state index contributed by atoms with van der Waals surface area (Å²) in [5.74, 6) is 1.42. The molecule has 2 heterocycles. The van der Waals surface area contributed by atoms with Gasteiger partial charge < -0.3 is 9.64 Å². The van der Waals surface area contributed by atoms with Crippen LogP contribution in [0, 0.1) is 0 Å². The lowest BCUT2D eigenvalue weighted by Crippen LogP contribution is -2.32. The number of ether oxygens (including phenoxy) is 1. The lowest BCUT2D eigenvalue weighted by atomic mass is 9.92. The summed E-state index contributed by atoms with van der Waals surface area (Å²) in [5.41, 5.74) is 3.89.